The van der Waals surface area contributed by atoms with E-state index in [0.29, 0.717) is 5.92 Å². The summed E-state index contributed by atoms with van der Waals surface area (Å²) >= 11 is 0. The first kappa shape index (κ1) is 19.5. The third-order valence-corrected chi connectivity index (χ3v) is 3.84. The van der Waals surface area contributed by atoms with Crippen LogP contribution in [0.25, 0.3) is 0 Å². The molecule has 0 bridgehead atoms. The van der Waals surface area contributed by atoms with Crippen molar-refractivity contribution in [2.24, 2.45) is 23.7 Å². The summed E-state index contributed by atoms with van der Waals surface area (Å²) in [6.45, 7) is 22.8. The minimum absolute atomic E-state index is 0.691. The highest BCUT2D eigenvalue weighted by molar-refractivity contribution is 5.47. The van der Waals surface area contributed by atoms with Gasteiger partial charge in [0.2, 0.25) is 0 Å². The highest BCUT2D eigenvalue weighted by Gasteiger charge is 2.26. The maximum Gasteiger partial charge on any atom is -0.00124 e. The van der Waals surface area contributed by atoms with E-state index in [1.165, 1.54) is 12.8 Å². The second kappa shape index (κ2) is 8.70. The summed E-state index contributed by atoms with van der Waals surface area (Å²) in [5.74, 6) is 3.07. The molecule has 1 rings (SSSR count). The number of rotatable bonds is 4. The van der Waals surface area contributed by atoms with E-state index in [1.807, 2.05) is 0 Å². The summed E-state index contributed by atoms with van der Waals surface area (Å²) in [6.07, 6.45) is 2.54. The van der Waals surface area contributed by atoms with Crippen LogP contribution in [0, 0.1) is 23.7 Å². The Morgan fingerprint density at radius 3 is 1.55 bits per heavy atom. The molecule has 0 amide bonds. The quantitative estimate of drug-likeness (QED) is 0.518. The van der Waals surface area contributed by atoms with Crippen LogP contribution in [0.2, 0.25) is 0 Å². The summed E-state index contributed by atoms with van der Waals surface area (Å²) < 4.78 is 0. The van der Waals surface area contributed by atoms with Crippen LogP contribution in [0.4, 0.5) is 0 Å². The molecule has 20 heavy (non-hydrogen) atoms. The van der Waals surface area contributed by atoms with E-state index in [-0.39, 0.29) is 0 Å². The van der Waals surface area contributed by atoms with Gasteiger partial charge in [0, 0.05) is 0 Å². The van der Waals surface area contributed by atoms with E-state index in [0.717, 1.165) is 17.8 Å². The maximum atomic E-state index is 2.38. The van der Waals surface area contributed by atoms with Gasteiger partial charge >= 0.3 is 0 Å². The lowest BCUT2D eigenvalue weighted by Crippen LogP contribution is -2.03. The van der Waals surface area contributed by atoms with Crippen LogP contribution >= 0.6 is 0 Å². The van der Waals surface area contributed by atoms with Crippen molar-refractivity contribution in [3.8, 4) is 0 Å². The van der Waals surface area contributed by atoms with Crippen LogP contribution in [-0.4, -0.2) is 0 Å². The molecule has 1 atom stereocenters. The third-order valence-electron chi connectivity index (χ3n) is 3.84. The molecule has 0 aromatic carbocycles. The van der Waals surface area contributed by atoms with Crippen LogP contribution in [0.1, 0.15) is 82.1 Å². The van der Waals surface area contributed by atoms with E-state index >= 15 is 0 Å². The van der Waals surface area contributed by atoms with Crippen molar-refractivity contribution >= 4 is 0 Å². The van der Waals surface area contributed by atoms with Gasteiger partial charge in [-0.15, -0.1) is 0 Å². The molecular weight excluding hydrogens is 240 g/mol. The second-order valence-electron chi connectivity index (χ2n) is 7.96. The molecule has 0 saturated heterocycles. The average molecular weight is 279 g/mol. The molecule has 0 radical (unpaired) electrons. The van der Waals surface area contributed by atoms with Gasteiger partial charge in [-0.25, -0.2) is 0 Å². The molecule has 0 nitrogen and oxygen atoms in total. The molecule has 1 unspecified atom stereocenters. The van der Waals surface area contributed by atoms with Gasteiger partial charge in [-0.1, -0.05) is 66.5 Å². The van der Waals surface area contributed by atoms with Gasteiger partial charge in [-0.3, -0.25) is 0 Å². The normalized spacial score (nSPS) is 19.4. The zero-order valence-electron chi connectivity index (χ0n) is 15.7. The molecule has 0 heterocycles. The van der Waals surface area contributed by atoms with Crippen LogP contribution in [-0.2, 0) is 0 Å². The number of allylic oxidation sites excluding steroid dienone is 4. The molecule has 0 saturated carbocycles. The Morgan fingerprint density at radius 2 is 1.20 bits per heavy atom. The average Bonchev–Trinajstić information content (AvgIpc) is 2.45. The van der Waals surface area contributed by atoms with E-state index in [2.05, 4.69) is 69.2 Å². The third kappa shape index (κ3) is 6.29. The van der Waals surface area contributed by atoms with Gasteiger partial charge in [-0.05, 0) is 61.5 Å². The SMILES string of the molecule is CC(C)C.CC1=C(C)C(C)C(CC(C)C)=C1CC(C)C. The predicted octanol–water partition coefficient (Wildman–Crippen LogP) is 7.02. The van der Waals surface area contributed by atoms with Crippen molar-refractivity contribution in [3.63, 3.8) is 0 Å². The topological polar surface area (TPSA) is 0 Å². The highest BCUT2D eigenvalue weighted by atomic mass is 14.3. The van der Waals surface area contributed by atoms with Crippen molar-refractivity contribution in [1.29, 1.82) is 0 Å². The predicted molar refractivity (Wildman–Crippen MR) is 94.0 cm³/mol. The highest BCUT2D eigenvalue weighted by Crippen LogP contribution is 2.42. The molecule has 0 aliphatic heterocycles. The van der Waals surface area contributed by atoms with Crippen LogP contribution < -0.4 is 0 Å². The van der Waals surface area contributed by atoms with Gasteiger partial charge in [-0.2, -0.15) is 0 Å². The lowest BCUT2D eigenvalue weighted by Gasteiger charge is -2.17. The molecule has 0 aromatic heterocycles. The number of hydrogen-bond acceptors (Lipinski definition) is 0. The van der Waals surface area contributed by atoms with Gasteiger partial charge in [0.05, 0.1) is 0 Å². The Balaban J connectivity index is 0.000000796. The first-order chi connectivity index (χ1) is 9.07. The van der Waals surface area contributed by atoms with Crippen LogP contribution in [0.3, 0.4) is 0 Å². The van der Waals surface area contributed by atoms with Crippen molar-refractivity contribution < 1.29 is 0 Å². The van der Waals surface area contributed by atoms with E-state index in [9.17, 15) is 0 Å². The standard InChI is InChI=1S/C16H28.C4H10/c1-10(2)8-15-13(6)12(5)14(7)16(15)9-11(3)4;1-4(2)3/h10-11,13H,8-9H2,1-7H3;4H,1-3H3. The summed E-state index contributed by atoms with van der Waals surface area (Å²) in [5.41, 5.74) is 6.58. The van der Waals surface area contributed by atoms with Crippen molar-refractivity contribution in [3.05, 3.63) is 22.3 Å². The lowest BCUT2D eigenvalue weighted by atomic mass is 9.88. The fourth-order valence-electron chi connectivity index (χ4n) is 2.76. The first-order valence-electron chi connectivity index (χ1n) is 8.47. The fourth-order valence-corrected chi connectivity index (χ4v) is 2.76. The van der Waals surface area contributed by atoms with Crippen LogP contribution in [0.5, 0.6) is 0 Å². The molecule has 0 N–H and O–H groups in total. The van der Waals surface area contributed by atoms with Crippen LogP contribution in [0.15, 0.2) is 22.3 Å². The van der Waals surface area contributed by atoms with Crippen molar-refractivity contribution in [2.45, 2.75) is 82.1 Å². The summed E-state index contributed by atoms with van der Waals surface area (Å²) in [6, 6.07) is 0. The van der Waals surface area contributed by atoms with E-state index < -0.39 is 0 Å². The van der Waals surface area contributed by atoms with Crippen molar-refractivity contribution in [2.75, 3.05) is 0 Å². The van der Waals surface area contributed by atoms with Gasteiger partial charge in [0.15, 0.2) is 0 Å². The molecule has 0 fully saturated rings. The molecule has 0 aromatic rings. The van der Waals surface area contributed by atoms with Crippen molar-refractivity contribution in [1.82, 2.24) is 0 Å². The Bertz CT molecular complexity index is 347. The Kier molecular flexibility index (Phi) is 8.47. The minimum Gasteiger partial charge on any atom is -0.0632 e. The lowest BCUT2D eigenvalue weighted by molar-refractivity contribution is 0.585. The zero-order valence-corrected chi connectivity index (χ0v) is 15.7. The Morgan fingerprint density at radius 1 is 0.800 bits per heavy atom. The second-order valence-corrected chi connectivity index (χ2v) is 7.96. The van der Waals surface area contributed by atoms with Gasteiger partial charge in [0.1, 0.15) is 0 Å². The summed E-state index contributed by atoms with van der Waals surface area (Å²) in [4.78, 5) is 0. The zero-order chi connectivity index (χ0) is 16.0. The molecular formula is C20H38. The monoisotopic (exact) mass is 278 g/mol. The summed E-state index contributed by atoms with van der Waals surface area (Å²) in [5, 5.41) is 0. The Labute approximate surface area is 128 Å². The molecule has 1 aliphatic rings. The maximum absolute atomic E-state index is 2.38. The first-order valence-corrected chi connectivity index (χ1v) is 8.47. The van der Waals surface area contributed by atoms with Gasteiger partial charge in [0.25, 0.3) is 0 Å². The number of hydrogen-bond donors (Lipinski definition) is 0. The summed E-state index contributed by atoms with van der Waals surface area (Å²) in [7, 11) is 0. The Hall–Kier alpha value is -0.520. The molecule has 0 heteroatoms. The molecule has 118 valence electrons. The fraction of sp³-hybridized carbons (Fsp3) is 0.800. The minimum atomic E-state index is 0.691. The smallest absolute Gasteiger partial charge is 0.00124 e. The largest absolute Gasteiger partial charge is 0.0632 e. The van der Waals surface area contributed by atoms with Gasteiger partial charge < -0.3 is 0 Å². The van der Waals surface area contributed by atoms with E-state index in [1.54, 1.807) is 22.3 Å². The molecule has 1 aliphatic carbocycles. The molecule has 0 spiro atoms. The van der Waals surface area contributed by atoms with E-state index in [4.69, 9.17) is 0 Å².